The minimum Gasteiger partial charge on any atom is -0.325 e. The highest BCUT2D eigenvalue weighted by molar-refractivity contribution is 7.89. The second-order valence-corrected chi connectivity index (χ2v) is 9.23. The molecule has 1 heterocycles. The predicted molar refractivity (Wildman–Crippen MR) is 112 cm³/mol. The lowest BCUT2D eigenvalue weighted by atomic mass is 10.1. The normalized spacial score (nSPS) is 16.2. The van der Waals surface area contributed by atoms with E-state index in [1.807, 2.05) is 38.1 Å². The zero-order chi connectivity index (χ0) is 20.9. The first-order valence-corrected chi connectivity index (χ1v) is 11.1. The minimum absolute atomic E-state index is 0.181. The van der Waals surface area contributed by atoms with Gasteiger partial charge in [-0.3, -0.25) is 4.79 Å². The quantitative estimate of drug-likeness (QED) is 0.527. The predicted octanol–water partition coefficient (Wildman–Crippen LogP) is 0.343. The van der Waals surface area contributed by atoms with Crippen molar-refractivity contribution in [2.24, 2.45) is 5.10 Å². The van der Waals surface area contributed by atoms with Crippen LogP contribution in [0.1, 0.15) is 16.7 Å². The molecule has 0 radical (unpaired) electrons. The van der Waals surface area contributed by atoms with Crippen molar-refractivity contribution in [1.82, 2.24) is 9.73 Å². The van der Waals surface area contributed by atoms with Crippen molar-refractivity contribution in [3.63, 3.8) is 0 Å². The van der Waals surface area contributed by atoms with E-state index in [1.165, 1.54) is 4.31 Å². The first-order chi connectivity index (χ1) is 13.9. The Morgan fingerprint density at radius 3 is 2.41 bits per heavy atom. The van der Waals surface area contributed by atoms with Gasteiger partial charge in [0.2, 0.25) is 10.0 Å². The van der Waals surface area contributed by atoms with Gasteiger partial charge in [0.1, 0.15) is 0 Å². The number of piperazine rings is 1. The summed E-state index contributed by atoms with van der Waals surface area (Å²) in [4.78, 5) is 13.5. The van der Waals surface area contributed by atoms with Crippen molar-refractivity contribution in [2.45, 2.75) is 18.7 Å². The molecule has 0 aliphatic carbocycles. The van der Waals surface area contributed by atoms with Crippen LogP contribution in [0.2, 0.25) is 0 Å². The van der Waals surface area contributed by atoms with Crippen LogP contribution < -0.4 is 10.3 Å². The van der Waals surface area contributed by atoms with Gasteiger partial charge in [0.05, 0.1) is 37.3 Å². The standard InChI is InChI=1S/C21H26N4O3S/c1-17-7-9-20(10-8-17)29(27,28)25-13-11-24(12-14-25)16-21(26)23-22-15-19-6-4-3-5-18(19)2/h3-10,15H,11-14,16H2,1-2H3,(H,23,26)/p+1/b22-15+. The summed E-state index contributed by atoms with van der Waals surface area (Å²) in [6.45, 7) is 6.13. The maximum atomic E-state index is 12.7. The third-order valence-electron chi connectivity index (χ3n) is 5.08. The smallest absolute Gasteiger partial charge is 0.295 e. The third kappa shape index (κ3) is 5.50. The van der Waals surface area contributed by atoms with Crippen LogP contribution in [-0.4, -0.2) is 57.6 Å². The molecule has 0 spiro atoms. The number of nitrogens with zero attached hydrogens (tertiary/aromatic N) is 2. The van der Waals surface area contributed by atoms with E-state index >= 15 is 0 Å². The zero-order valence-corrected chi connectivity index (χ0v) is 17.6. The average molecular weight is 416 g/mol. The molecule has 2 aromatic carbocycles. The Labute approximate surface area is 172 Å². The van der Waals surface area contributed by atoms with Crippen molar-refractivity contribution < 1.29 is 18.1 Å². The van der Waals surface area contributed by atoms with Gasteiger partial charge in [0.15, 0.2) is 6.54 Å². The van der Waals surface area contributed by atoms with Crippen LogP contribution in [0.15, 0.2) is 58.5 Å². The van der Waals surface area contributed by atoms with E-state index in [-0.39, 0.29) is 12.5 Å². The fraction of sp³-hybridized carbons (Fsp3) is 0.333. The molecule has 2 aromatic rings. The molecule has 0 bridgehead atoms. The lowest BCUT2D eigenvalue weighted by molar-refractivity contribution is -0.895. The van der Waals surface area contributed by atoms with Crippen molar-refractivity contribution in [3.8, 4) is 0 Å². The number of sulfonamides is 1. The fourth-order valence-electron chi connectivity index (χ4n) is 3.25. The molecule has 154 valence electrons. The van der Waals surface area contributed by atoms with Crippen LogP contribution in [0.4, 0.5) is 0 Å². The SMILES string of the molecule is Cc1ccc(S(=O)(=O)N2CC[NH+](CC(=O)N/N=C/c3ccccc3C)CC2)cc1. The Bertz CT molecular complexity index is 979. The lowest BCUT2D eigenvalue weighted by Crippen LogP contribution is -3.15. The van der Waals surface area contributed by atoms with Crippen molar-refractivity contribution >= 4 is 22.1 Å². The Kier molecular flexibility index (Phi) is 6.79. The van der Waals surface area contributed by atoms with Crippen LogP contribution in [0.25, 0.3) is 0 Å². The molecule has 1 amide bonds. The van der Waals surface area contributed by atoms with E-state index in [4.69, 9.17) is 0 Å². The van der Waals surface area contributed by atoms with Gasteiger partial charge in [-0.15, -0.1) is 0 Å². The Morgan fingerprint density at radius 2 is 1.76 bits per heavy atom. The summed E-state index contributed by atoms with van der Waals surface area (Å²) < 4.78 is 27.0. The molecule has 7 nitrogen and oxygen atoms in total. The van der Waals surface area contributed by atoms with Crippen LogP contribution >= 0.6 is 0 Å². The lowest BCUT2D eigenvalue weighted by Gasteiger charge is -2.31. The highest BCUT2D eigenvalue weighted by Crippen LogP contribution is 2.16. The van der Waals surface area contributed by atoms with Crippen LogP contribution in [0.5, 0.6) is 0 Å². The number of hydrazone groups is 1. The first kappa shape index (κ1) is 21.2. The first-order valence-electron chi connectivity index (χ1n) is 9.64. The number of quaternary nitrogens is 1. The van der Waals surface area contributed by atoms with Gasteiger partial charge in [0.25, 0.3) is 5.91 Å². The largest absolute Gasteiger partial charge is 0.325 e. The van der Waals surface area contributed by atoms with Crippen LogP contribution in [0, 0.1) is 13.8 Å². The Balaban J connectivity index is 1.48. The van der Waals surface area contributed by atoms with Gasteiger partial charge in [-0.1, -0.05) is 42.0 Å². The van der Waals surface area contributed by atoms with E-state index in [1.54, 1.807) is 30.5 Å². The number of amides is 1. The van der Waals surface area contributed by atoms with Crippen molar-refractivity contribution in [2.75, 3.05) is 32.7 Å². The summed E-state index contributed by atoms with van der Waals surface area (Å²) in [6, 6.07) is 14.7. The molecule has 0 saturated carbocycles. The molecule has 1 fully saturated rings. The van der Waals surface area contributed by atoms with Gasteiger partial charge < -0.3 is 4.90 Å². The maximum Gasteiger partial charge on any atom is 0.295 e. The van der Waals surface area contributed by atoms with Gasteiger partial charge >= 0.3 is 0 Å². The summed E-state index contributed by atoms with van der Waals surface area (Å²) in [5.74, 6) is -0.181. The number of benzene rings is 2. The summed E-state index contributed by atoms with van der Waals surface area (Å²) >= 11 is 0. The molecule has 1 saturated heterocycles. The molecule has 0 unspecified atom stereocenters. The maximum absolute atomic E-state index is 12.7. The third-order valence-corrected chi connectivity index (χ3v) is 6.99. The Hall–Kier alpha value is -2.55. The summed E-state index contributed by atoms with van der Waals surface area (Å²) in [5.41, 5.74) is 5.62. The Morgan fingerprint density at radius 1 is 1.10 bits per heavy atom. The van der Waals surface area contributed by atoms with Gasteiger partial charge in [-0.05, 0) is 37.1 Å². The molecule has 3 rings (SSSR count). The number of hydrogen-bond acceptors (Lipinski definition) is 4. The van der Waals surface area contributed by atoms with E-state index < -0.39 is 10.0 Å². The highest BCUT2D eigenvalue weighted by Gasteiger charge is 2.31. The van der Waals surface area contributed by atoms with E-state index in [0.29, 0.717) is 31.1 Å². The number of hydrogen-bond donors (Lipinski definition) is 2. The zero-order valence-electron chi connectivity index (χ0n) is 16.8. The van der Waals surface area contributed by atoms with Gasteiger partial charge in [-0.2, -0.15) is 9.41 Å². The molecule has 29 heavy (non-hydrogen) atoms. The number of nitrogens with one attached hydrogen (secondary N) is 2. The van der Waals surface area contributed by atoms with Crippen LogP contribution in [0.3, 0.4) is 0 Å². The van der Waals surface area contributed by atoms with Gasteiger partial charge in [0, 0.05) is 0 Å². The molecule has 1 aliphatic heterocycles. The minimum atomic E-state index is -3.48. The topological polar surface area (TPSA) is 83.3 Å². The van der Waals surface area contributed by atoms with E-state index in [2.05, 4.69) is 10.5 Å². The number of aryl methyl sites for hydroxylation is 2. The number of carbonyl (C=O) groups is 1. The second kappa shape index (κ2) is 9.30. The summed E-state index contributed by atoms with van der Waals surface area (Å²) in [7, 11) is -3.48. The molecular weight excluding hydrogens is 388 g/mol. The average Bonchev–Trinajstić information content (AvgIpc) is 2.70. The van der Waals surface area contributed by atoms with Crippen molar-refractivity contribution in [1.29, 1.82) is 0 Å². The molecule has 0 aromatic heterocycles. The number of carbonyl (C=O) groups excluding carboxylic acids is 1. The molecule has 0 atom stereocenters. The molecule has 8 heteroatoms. The monoisotopic (exact) mass is 415 g/mol. The van der Waals surface area contributed by atoms with E-state index in [0.717, 1.165) is 21.6 Å². The number of rotatable bonds is 6. The highest BCUT2D eigenvalue weighted by atomic mass is 32.2. The molecular formula is C21H27N4O3S+. The summed E-state index contributed by atoms with van der Waals surface area (Å²) in [5, 5.41) is 4.02. The molecule has 2 N–H and O–H groups in total. The summed E-state index contributed by atoms with van der Waals surface area (Å²) in [6.07, 6.45) is 1.63. The fourth-order valence-corrected chi connectivity index (χ4v) is 4.69. The second-order valence-electron chi connectivity index (χ2n) is 7.29. The van der Waals surface area contributed by atoms with Crippen LogP contribution in [-0.2, 0) is 14.8 Å². The van der Waals surface area contributed by atoms with Crippen molar-refractivity contribution in [3.05, 3.63) is 65.2 Å². The molecule has 1 aliphatic rings. The van der Waals surface area contributed by atoms with E-state index in [9.17, 15) is 13.2 Å². The van der Waals surface area contributed by atoms with Gasteiger partial charge in [-0.25, -0.2) is 13.8 Å².